The summed E-state index contributed by atoms with van der Waals surface area (Å²) in [6.45, 7) is 5.75. The number of hydrogen-bond donors (Lipinski definition) is 1. The van der Waals surface area contributed by atoms with Crippen LogP contribution in [0.15, 0.2) is 24.3 Å². The van der Waals surface area contributed by atoms with Crippen LogP contribution in [0.2, 0.25) is 0 Å². The van der Waals surface area contributed by atoms with Crippen molar-refractivity contribution in [2.24, 2.45) is 0 Å². The molecule has 0 fully saturated rings. The second-order valence-electron chi connectivity index (χ2n) is 5.25. The lowest BCUT2D eigenvalue weighted by atomic mass is 9.84. The zero-order chi connectivity index (χ0) is 14.3. The average Bonchev–Trinajstić information content (AvgIpc) is 2.38. The number of carbonyl (C=O) groups is 1. The highest BCUT2D eigenvalue weighted by Crippen LogP contribution is 2.22. The highest BCUT2D eigenvalue weighted by Gasteiger charge is 2.19. The van der Waals surface area contributed by atoms with E-state index in [4.69, 9.17) is 0 Å². The standard InChI is InChI=1S/C15H22FNO2/c1-15(2,12-6-8-13(16)9-7-12)11-17-10-4-5-14(18)19-3/h6-9,17H,4-5,10-11H2,1-3H3. The zero-order valence-electron chi connectivity index (χ0n) is 11.8. The third-order valence-corrected chi connectivity index (χ3v) is 3.15. The predicted molar refractivity (Wildman–Crippen MR) is 73.5 cm³/mol. The number of rotatable bonds is 7. The molecule has 0 aliphatic carbocycles. The smallest absolute Gasteiger partial charge is 0.305 e. The molecule has 0 heterocycles. The Hall–Kier alpha value is -1.42. The van der Waals surface area contributed by atoms with Crippen LogP contribution in [0.25, 0.3) is 0 Å². The minimum atomic E-state index is -0.217. The van der Waals surface area contributed by atoms with Crippen LogP contribution < -0.4 is 5.32 Å². The molecule has 19 heavy (non-hydrogen) atoms. The van der Waals surface area contributed by atoms with Gasteiger partial charge in [-0.05, 0) is 30.7 Å². The number of nitrogens with one attached hydrogen (secondary N) is 1. The summed E-state index contributed by atoms with van der Waals surface area (Å²) in [5.74, 6) is -0.398. The van der Waals surface area contributed by atoms with Crippen LogP contribution in [0.1, 0.15) is 32.3 Å². The van der Waals surface area contributed by atoms with E-state index in [1.54, 1.807) is 0 Å². The van der Waals surface area contributed by atoms with Crippen LogP contribution in [-0.4, -0.2) is 26.2 Å². The Bertz CT molecular complexity index is 401. The van der Waals surface area contributed by atoms with E-state index in [1.807, 2.05) is 12.1 Å². The van der Waals surface area contributed by atoms with E-state index in [2.05, 4.69) is 23.9 Å². The first-order valence-electron chi connectivity index (χ1n) is 6.49. The summed E-state index contributed by atoms with van der Waals surface area (Å²) in [4.78, 5) is 10.9. The predicted octanol–water partition coefficient (Wildman–Crippen LogP) is 2.65. The van der Waals surface area contributed by atoms with Crippen molar-refractivity contribution in [2.75, 3.05) is 20.2 Å². The van der Waals surface area contributed by atoms with Crippen molar-refractivity contribution in [3.63, 3.8) is 0 Å². The number of carbonyl (C=O) groups excluding carboxylic acids is 1. The van der Waals surface area contributed by atoms with Crippen molar-refractivity contribution in [3.05, 3.63) is 35.6 Å². The van der Waals surface area contributed by atoms with Crippen LogP contribution in [0, 0.1) is 5.82 Å². The van der Waals surface area contributed by atoms with Gasteiger partial charge in [0.05, 0.1) is 7.11 Å². The summed E-state index contributed by atoms with van der Waals surface area (Å²) in [7, 11) is 1.40. The van der Waals surface area contributed by atoms with Gasteiger partial charge in [-0.25, -0.2) is 4.39 Å². The van der Waals surface area contributed by atoms with E-state index in [-0.39, 0.29) is 17.2 Å². The molecule has 0 amide bonds. The second kappa shape index (κ2) is 7.24. The Kier molecular flexibility index (Phi) is 5.96. The van der Waals surface area contributed by atoms with E-state index in [0.717, 1.165) is 25.1 Å². The largest absolute Gasteiger partial charge is 0.469 e. The first kappa shape index (κ1) is 15.6. The maximum absolute atomic E-state index is 12.9. The van der Waals surface area contributed by atoms with Crippen molar-refractivity contribution in [3.8, 4) is 0 Å². The molecule has 1 aromatic rings. The molecule has 0 spiro atoms. The Labute approximate surface area is 114 Å². The second-order valence-corrected chi connectivity index (χ2v) is 5.25. The van der Waals surface area contributed by atoms with Gasteiger partial charge in [-0.3, -0.25) is 4.79 Å². The number of hydrogen-bond acceptors (Lipinski definition) is 3. The molecule has 1 N–H and O–H groups in total. The summed E-state index contributed by atoms with van der Waals surface area (Å²) < 4.78 is 17.5. The van der Waals surface area contributed by atoms with Crippen LogP contribution in [0.5, 0.6) is 0 Å². The number of methoxy groups -OCH3 is 1. The Morgan fingerprint density at radius 3 is 2.53 bits per heavy atom. The van der Waals surface area contributed by atoms with Gasteiger partial charge in [0.25, 0.3) is 0 Å². The molecule has 3 nitrogen and oxygen atoms in total. The first-order valence-corrected chi connectivity index (χ1v) is 6.49. The van der Waals surface area contributed by atoms with E-state index in [1.165, 1.54) is 19.2 Å². The van der Waals surface area contributed by atoms with Crippen molar-refractivity contribution < 1.29 is 13.9 Å². The third kappa shape index (κ3) is 5.39. The lowest BCUT2D eigenvalue weighted by Crippen LogP contribution is -2.33. The van der Waals surface area contributed by atoms with Gasteiger partial charge in [0.1, 0.15) is 5.82 Å². The molecular weight excluding hydrogens is 245 g/mol. The van der Waals surface area contributed by atoms with Crippen molar-refractivity contribution in [1.82, 2.24) is 5.32 Å². The minimum absolute atomic E-state index is 0.0705. The summed E-state index contributed by atoms with van der Waals surface area (Å²) in [6.07, 6.45) is 1.19. The maximum Gasteiger partial charge on any atom is 0.305 e. The fourth-order valence-electron chi connectivity index (χ4n) is 1.86. The molecule has 0 aliphatic rings. The quantitative estimate of drug-likeness (QED) is 0.609. The van der Waals surface area contributed by atoms with E-state index >= 15 is 0 Å². The lowest BCUT2D eigenvalue weighted by molar-refractivity contribution is -0.140. The molecule has 0 saturated carbocycles. The minimum Gasteiger partial charge on any atom is -0.469 e. The van der Waals surface area contributed by atoms with Gasteiger partial charge >= 0.3 is 5.97 Å². The molecule has 106 valence electrons. The van der Waals surface area contributed by atoms with Gasteiger partial charge in [-0.1, -0.05) is 26.0 Å². The van der Waals surface area contributed by atoms with Crippen molar-refractivity contribution in [2.45, 2.75) is 32.1 Å². The number of benzene rings is 1. The summed E-state index contributed by atoms with van der Waals surface area (Å²) in [5, 5.41) is 3.32. The molecule has 4 heteroatoms. The van der Waals surface area contributed by atoms with E-state index in [9.17, 15) is 9.18 Å². The van der Waals surface area contributed by atoms with Crippen LogP contribution in [0.4, 0.5) is 4.39 Å². The van der Waals surface area contributed by atoms with Crippen LogP contribution >= 0.6 is 0 Å². The third-order valence-electron chi connectivity index (χ3n) is 3.15. The summed E-state index contributed by atoms with van der Waals surface area (Å²) >= 11 is 0. The molecule has 0 aromatic heterocycles. The highest BCUT2D eigenvalue weighted by atomic mass is 19.1. The van der Waals surface area contributed by atoms with Gasteiger partial charge in [0.15, 0.2) is 0 Å². The van der Waals surface area contributed by atoms with Gasteiger partial charge in [0.2, 0.25) is 0 Å². The average molecular weight is 267 g/mol. The molecule has 0 aliphatic heterocycles. The Morgan fingerprint density at radius 1 is 1.32 bits per heavy atom. The number of ether oxygens (including phenoxy) is 1. The highest BCUT2D eigenvalue weighted by molar-refractivity contribution is 5.69. The fraction of sp³-hybridized carbons (Fsp3) is 0.533. The maximum atomic E-state index is 12.9. The molecule has 0 radical (unpaired) electrons. The lowest BCUT2D eigenvalue weighted by Gasteiger charge is -2.25. The monoisotopic (exact) mass is 267 g/mol. The molecule has 1 rings (SSSR count). The van der Waals surface area contributed by atoms with Gasteiger partial charge in [0, 0.05) is 18.4 Å². The molecular formula is C15H22FNO2. The molecule has 0 bridgehead atoms. The molecule has 0 saturated heterocycles. The SMILES string of the molecule is COC(=O)CCCNCC(C)(C)c1ccc(F)cc1. The van der Waals surface area contributed by atoms with Crippen LogP contribution in [-0.2, 0) is 14.9 Å². The van der Waals surface area contributed by atoms with E-state index in [0.29, 0.717) is 6.42 Å². The van der Waals surface area contributed by atoms with Gasteiger partial charge in [-0.15, -0.1) is 0 Å². The molecule has 0 unspecified atom stereocenters. The topological polar surface area (TPSA) is 38.3 Å². The number of esters is 1. The zero-order valence-corrected chi connectivity index (χ0v) is 11.8. The number of halogens is 1. The van der Waals surface area contributed by atoms with Gasteiger partial charge < -0.3 is 10.1 Å². The van der Waals surface area contributed by atoms with Crippen molar-refractivity contribution >= 4 is 5.97 Å². The van der Waals surface area contributed by atoms with Crippen LogP contribution in [0.3, 0.4) is 0 Å². The Morgan fingerprint density at radius 2 is 1.95 bits per heavy atom. The fourth-order valence-corrected chi connectivity index (χ4v) is 1.86. The molecule has 1 aromatic carbocycles. The van der Waals surface area contributed by atoms with Crippen molar-refractivity contribution in [1.29, 1.82) is 0 Å². The molecule has 0 atom stereocenters. The normalized spacial score (nSPS) is 11.4. The Balaban J connectivity index is 2.34. The summed E-state index contributed by atoms with van der Waals surface area (Å²) in [6, 6.07) is 6.58. The van der Waals surface area contributed by atoms with Gasteiger partial charge in [-0.2, -0.15) is 0 Å². The first-order chi connectivity index (χ1) is 8.95. The summed E-state index contributed by atoms with van der Waals surface area (Å²) in [5.41, 5.74) is 1.02. The van der Waals surface area contributed by atoms with E-state index < -0.39 is 0 Å².